The Morgan fingerprint density at radius 1 is 1.73 bits per heavy atom. The van der Waals surface area contributed by atoms with Gasteiger partial charge in [0.15, 0.2) is 0 Å². The second-order valence-corrected chi connectivity index (χ2v) is 1.95. The summed E-state index contributed by atoms with van der Waals surface area (Å²) in [6, 6.07) is 0. The van der Waals surface area contributed by atoms with Crippen LogP contribution in [-0.4, -0.2) is 18.5 Å². The number of alkyl carbamates (subject to hydrolysis) is 1. The maximum Gasteiger partial charge on any atom is 0.412 e. The van der Waals surface area contributed by atoms with E-state index in [0.29, 0.717) is 12.4 Å². The van der Waals surface area contributed by atoms with Crippen molar-refractivity contribution in [2.45, 2.75) is 0 Å². The minimum absolute atomic E-state index is 0.142. The predicted molar refractivity (Wildman–Crippen MR) is 41.9 cm³/mol. The van der Waals surface area contributed by atoms with Gasteiger partial charge in [-0.15, -0.1) is 11.6 Å². The van der Waals surface area contributed by atoms with E-state index in [1.54, 1.807) is 0 Å². The van der Waals surface area contributed by atoms with Gasteiger partial charge in [-0.2, -0.15) is 0 Å². The van der Waals surface area contributed by atoms with Gasteiger partial charge in [0.25, 0.3) is 0 Å². The van der Waals surface area contributed by atoms with E-state index in [9.17, 15) is 4.79 Å². The molecule has 0 unspecified atom stereocenters. The van der Waals surface area contributed by atoms with Crippen LogP contribution in [-0.2, 0) is 4.74 Å². The Morgan fingerprint density at radius 3 is 2.82 bits per heavy atom. The van der Waals surface area contributed by atoms with Crippen LogP contribution >= 0.6 is 11.6 Å². The zero-order valence-electron chi connectivity index (χ0n) is 5.84. The van der Waals surface area contributed by atoms with Crippen LogP contribution in [0.3, 0.4) is 0 Å². The molecule has 0 spiro atoms. The third-order valence-electron chi connectivity index (χ3n) is 0.739. The molecule has 0 bridgehead atoms. The molecule has 0 aromatic rings. The molecule has 0 saturated heterocycles. The molecule has 60 valence electrons. The van der Waals surface area contributed by atoms with Gasteiger partial charge >= 0.3 is 6.09 Å². The highest BCUT2D eigenvalue weighted by Crippen LogP contribution is 1.92. The Morgan fingerprint density at radius 2 is 2.36 bits per heavy atom. The van der Waals surface area contributed by atoms with Crippen molar-refractivity contribution in [1.29, 1.82) is 0 Å². The second kappa shape index (κ2) is 5.80. The summed E-state index contributed by atoms with van der Waals surface area (Å²) in [6.07, 6.45) is 0.324. The zero-order valence-corrected chi connectivity index (χ0v) is 6.60. The summed E-state index contributed by atoms with van der Waals surface area (Å²) in [5.74, 6) is 0.179. The lowest BCUT2D eigenvalue weighted by atomic mass is 10.5. The highest BCUT2D eigenvalue weighted by molar-refractivity contribution is 6.18. The summed E-state index contributed by atoms with van der Waals surface area (Å²) in [6.45, 7) is 10.3. The molecule has 0 saturated carbocycles. The number of ether oxygens (including phenoxy) is 1. The van der Waals surface area contributed by atoms with Gasteiger partial charge in [0, 0.05) is 12.4 Å². The van der Waals surface area contributed by atoms with Crippen LogP contribution in [0.15, 0.2) is 11.8 Å². The van der Waals surface area contributed by atoms with E-state index in [1.807, 2.05) is 0 Å². The van der Waals surface area contributed by atoms with Crippen LogP contribution in [0.25, 0.3) is 0 Å². The monoisotopic (exact) mass is 173 g/mol. The van der Waals surface area contributed by atoms with Gasteiger partial charge < -0.3 is 10.1 Å². The van der Waals surface area contributed by atoms with Crippen LogP contribution < -0.4 is 5.32 Å². The van der Waals surface area contributed by atoms with Gasteiger partial charge in [-0.1, -0.05) is 6.58 Å². The van der Waals surface area contributed by atoms with Crippen LogP contribution in [0.2, 0.25) is 0 Å². The molecule has 4 heteroatoms. The number of allylic oxidation sites excluding steroid dienone is 1. The first-order valence-corrected chi connectivity index (χ1v) is 3.43. The number of carbonyl (C=O) groups is 1. The van der Waals surface area contributed by atoms with Gasteiger partial charge in [-0.05, 0) is 12.7 Å². The molecule has 0 aliphatic carbocycles. The molecule has 0 aromatic carbocycles. The molecule has 0 heterocycles. The standard InChI is InChI=1S/C7H8ClNO2/c1-3-6(2)11-7(10)9-5-4-8/h1-3H,4-5H2,(H,9,10). The Hall–Kier alpha value is -0.960. The van der Waals surface area contributed by atoms with Crippen molar-refractivity contribution in [1.82, 2.24) is 5.32 Å². The molecule has 0 fully saturated rings. The van der Waals surface area contributed by atoms with Crippen LogP contribution in [0.5, 0.6) is 0 Å². The SMILES string of the molecule is [CH]=CC(=[CH])OC(=O)NCCCl. The number of hydrogen-bond donors (Lipinski definition) is 1. The average Bonchev–Trinajstić information content (AvgIpc) is 2.00. The van der Waals surface area contributed by atoms with Crippen LogP contribution in [0.4, 0.5) is 4.79 Å². The lowest BCUT2D eigenvalue weighted by Gasteiger charge is -2.02. The summed E-state index contributed by atoms with van der Waals surface area (Å²) >= 11 is 5.28. The van der Waals surface area contributed by atoms with Crippen LogP contribution in [0, 0.1) is 13.2 Å². The molecule has 0 aliphatic heterocycles. The number of carbonyl (C=O) groups excluding carboxylic acids is 1. The van der Waals surface area contributed by atoms with E-state index in [0.717, 1.165) is 6.08 Å². The molecule has 1 amide bonds. The van der Waals surface area contributed by atoms with E-state index in [4.69, 9.17) is 24.8 Å². The molecule has 0 aliphatic rings. The summed E-state index contributed by atoms with van der Waals surface area (Å²) in [7, 11) is 0. The van der Waals surface area contributed by atoms with Gasteiger partial charge in [0.1, 0.15) is 5.76 Å². The second-order valence-electron chi connectivity index (χ2n) is 1.57. The first kappa shape index (κ1) is 10.0. The topological polar surface area (TPSA) is 38.3 Å². The third-order valence-corrected chi connectivity index (χ3v) is 0.928. The summed E-state index contributed by atoms with van der Waals surface area (Å²) < 4.78 is 4.41. The highest BCUT2D eigenvalue weighted by atomic mass is 35.5. The average molecular weight is 174 g/mol. The smallest absolute Gasteiger partial charge is 0.410 e. The van der Waals surface area contributed by atoms with E-state index >= 15 is 0 Å². The number of alkyl halides is 1. The van der Waals surface area contributed by atoms with Gasteiger partial charge in [-0.25, -0.2) is 4.79 Å². The Labute approximate surface area is 70.7 Å². The molecular weight excluding hydrogens is 166 g/mol. The minimum atomic E-state index is -0.662. The molecule has 2 radical (unpaired) electrons. The van der Waals surface area contributed by atoms with Crippen molar-refractivity contribution < 1.29 is 9.53 Å². The minimum Gasteiger partial charge on any atom is -0.410 e. The highest BCUT2D eigenvalue weighted by Gasteiger charge is 1.99. The Bertz CT molecular complexity index is 168. The molecule has 3 nitrogen and oxygen atoms in total. The Balaban J connectivity index is 3.52. The number of halogens is 1. The van der Waals surface area contributed by atoms with Crippen molar-refractivity contribution in [3.63, 3.8) is 0 Å². The van der Waals surface area contributed by atoms with E-state index < -0.39 is 6.09 Å². The third kappa shape index (κ3) is 5.48. The Kier molecular flexibility index (Phi) is 5.29. The van der Waals surface area contributed by atoms with Crippen molar-refractivity contribution in [2.75, 3.05) is 12.4 Å². The van der Waals surface area contributed by atoms with Gasteiger partial charge in [0.2, 0.25) is 0 Å². The van der Waals surface area contributed by atoms with Crippen LogP contribution in [0.1, 0.15) is 0 Å². The van der Waals surface area contributed by atoms with E-state index in [1.165, 1.54) is 0 Å². The lowest BCUT2D eigenvalue weighted by molar-refractivity contribution is 0.180. The van der Waals surface area contributed by atoms with Crippen molar-refractivity contribution in [3.8, 4) is 0 Å². The fourth-order valence-electron chi connectivity index (χ4n) is 0.326. The molecule has 11 heavy (non-hydrogen) atoms. The lowest BCUT2D eigenvalue weighted by Crippen LogP contribution is -2.25. The maximum absolute atomic E-state index is 10.6. The molecular formula is C7H8ClNO2. The predicted octanol–water partition coefficient (Wildman–Crippen LogP) is 1.26. The van der Waals surface area contributed by atoms with Gasteiger partial charge in [0.05, 0.1) is 0 Å². The van der Waals surface area contributed by atoms with E-state index in [2.05, 4.69) is 10.1 Å². The van der Waals surface area contributed by atoms with Gasteiger partial charge in [-0.3, -0.25) is 0 Å². The number of rotatable bonds is 4. The number of amides is 1. The zero-order chi connectivity index (χ0) is 8.69. The maximum atomic E-state index is 10.6. The quantitative estimate of drug-likeness (QED) is 0.395. The number of nitrogens with one attached hydrogen (secondary N) is 1. The fraction of sp³-hybridized carbons (Fsp3) is 0.286. The summed E-state index contributed by atoms with van der Waals surface area (Å²) in [5, 5.41) is 2.33. The molecule has 0 rings (SSSR count). The first-order chi connectivity index (χ1) is 5.20. The van der Waals surface area contributed by atoms with E-state index in [-0.39, 0.29) is 5.76 Å². The fourth-order valence-corrected chi connectivity index (χ4v) is 0.421. The first-order valence-electron chi connectivity index (χ1n) is 2.89. The molecule has 0 aromatic heterocycles. The summed E-state index contributed by atoms with van der Waals surface area (Å²) in [5.41, 5.74) is 0. The summed E-state index contributed by atoms with van der Waals surface area (Å²) in [4.78, 5) is 10.6. The molecule has 0 atom stereocenters. The number of hydrogen-bond acceptors (Lipinski definition) is 2. The van der Waals surface area contributed by atoms with Crippen molar-refractivity contribution in [2.24, 2.45) is 0 Å². The van der Waals surface area contributed by atoms with Crippen molar-refractivity contribution >= 4 is 17.7 Å². The van der Waals surface area contributed by atoms with Crippen molar-refractivity contribution in [3.05, 3.63) is 25.0 Å². The normalized spacial score (nSPS) is 8.45. The molecule has 1 N–H and O–H groups in total. The largest absolute Gasteiger partial charge is 0.412 e.